The lowest BCUT2D eigenvalue weighted by Gasteiger charge is -2.61. The van der Waals surface area contributed by atoms with E-state index >= 15 is 4.39 Å². The number of nitrogens with one attached hydrogen (secondary N) is 3. The van der Waals surface area contributed by atoms with Crippen molar-refractivity contribution in [1.29, 1.82) is 0 Å². The van der Waals surface area contributed by atoms with E-state index in [-0.39, 0.29) is 5.54 Å². The number of alkyl halides is 3. The van der Waals surface area contributed by atoms with Gasteiger partial charge in [0, 0.05) is 55.2 Å². The van der Waals surface area contributed by atoms with Gasteiger partial charge >= 0.3 is 12.7 Å². The Kier molecular flexibility index (Phi) is 5.92. The van der Waals surface area contributed by atoms with E-state index in [9.17, 15) is 13.6 Å². The third-order valence-electron chi connectivity index (χ3n) is 8.44. The number of hydrogen-bond donors (Lipinski definition) is 3. The van der Waals surface area contributed by atoms with Gasteiger partial charge in [0.15, 0.2) is 5.82 Å². The molecule has 5 fully saturated rings. The Morgan fingerprint density at radius 1 is 1.26 bits per heavy atom. The Morgan fingerprint density at radius 2 is 2.08 bits per heavy atom. The Hall–Kier alpha value is -3.39. The van der Waals surface area contributed by atoms with Crippen molar-refractivity contribution in [2.24, 2.45) is 5.92 Å². The van der Waals surface area contributed by atoms with Crippen molar-refractivity contribution >= 4 is 23.5 Å². The second-order valence-corrected chi connectivity index (χ2v) is 11.2. The van der Waals surface area contributed by atoms with Gasteiger partial charge in [0.2, 0.25) is 5.95 Å². The fourth-order valence-corrected chi connectivity index (χ4v) is 6.34. The normalized spacial score (nSPS) is 30.2. The quantitative estimate of drug-likeness (QED) is 0.373. The van der Waals surface area contributed by atoms with Crippen LogP contribution in [0.25, 0.3) is 5.65 Å². The van der Waals surface area contributed by atoms with Crippen LogP contribution in [0.15, 0.2) is 24.5 Å². The summed E-state index contributed by atoms with van der Waals surface area (Å²) in [6.45, 7) is -1.42. The van der Waals surface area contributed by atoms with E-state index in [0.717, 1.165) is 30.9 Å². The number of imidazole rings is 1. The number of H-pyrrole nitrogens is 1. The molecular formula is C25H29F3N8O3. The van der Waals surface area contributed by atoms with Gasteiger partial charge in [-0.15, -0.1) is 0 Å². The summed E-state index contributed by atoms with van der Waals surface area (Å²) < 4.78 is 51.7. The van der Waals surface area contributed by atoms with Crippen molar-refractivity contribution in [3.8, 4) is 0 Å². The lowest BCUT2D eigenvalue weighted by Crippen LogP contribution is -2.68. The van der Waals surface area contributed by atoms with E-state index in [4.69, 9.17) is 4.74 Å². The number of likely N-dealkylation sites (tertiary alicyclic amines) is 1. The number of amides is 1. The van der Waals surface area contributed by atoms with Crippen LogP contribution in [0.3, 0.4) is 0 Å². The van der Waals surface area contributed by atoms with E-state index in [1.54, 1.807) is 22.7 Å². The fourth-order valence-electron chi connectivity index (χ4n) is 6.34. The number of fused-ring (bicyclic) bond motifs is 1. The minimum atomic E-state index is -2.76. The summed E-state index contributed by atoms with van der Waals surface area (Å²) >= 11 is 0. The molecule has 4 saturated carbocycles. The molecular weight excluding hydrogens is 517 g/mol. The summed E-state index contributed by atoms with van der Waals surface area (Å²) in [7, 11) is 0. The minimum Gasteiger partial charge on any atom is -0.443 e. The molecule has 4 heterocycles. The maximum atomic E-state index is 15.3. The van der Waals surface area contributed by atoms with Gasteiger partial charge in [-0.2, -0.15) is 13.9 Å². The highest BCUT2D eigenvalue weighted by atomic mass is 19.3. The second-order valence-electron chi connectivity index (χ2n) is 11.2. The van der Waals surface area contributed by atoms with Gasteiger partial charge in [0.25, 0.3) is 0 Å². The molecule has 5 aliphatic rings. The fraction of sp³-hybridized carbons (Fsp3) is 0.600. The molecule has 14 heteroatoms. The van der Waals surface area contributed by atoms with Crippen molar-refractivity contribution in [2.75, 3.05) is 18.4 Å². The molecule has 8 rings (SSSR count). The summed E-state index contributed by atoms with van der Waals surface area (Å²) in [4.78, 5) is 23.2. The average molecular weight is 547 g/mol. The number of anilines is 2. The third-order valence-corrected chi connectivity index (χ3v) is 8.44. The molecule has 0 spiro atoms. The minimum absolute atomic E-state index is 0.105. The van der Waals surface area contributed by atoms with Crippen LogP contribution in [0, 0.1) is 5.92 Å². The monoisotopic (exact) mass is 546 g/mol. The maximum Gasteiger partial charge on any atom is 0.407 e. The first-order valence-corrected chi connectivity index (χ1v) is 13.3. The molecule has 0 radical (unpaired) electrons. The standard InChI is InChI=1S/C25H29F3N8O3/c26-21-16(1-2-18(21)39-24(37)32-25-6-13(7-25)8-25)17-5-19(34-33-17)31-23-29-4-3-20-30-14(10-36(20)23)9-35-11-15(12-35)38-22(27)28/h3-5,10,13,15-16,18,21-22H,1-2,6-9,11-12H2,(H,32,37)(H2,29,31,33,34)/t13?,16-,18-,21-,25?/m1/s1. The van der Waals surface area contributed by atoms with Crippen molar-refractivity contribution in [1.82, 2.24) is 34.8 Å². The molecule has 208 valence electrons. The van der Waals surface area contributed by atoms with Crippen LogP contribution >= 0.6 is 0 Å². The van der Waals surface area contributed by atoms with E-state index in [0.29, 0.717) is 55.6 Å². The van der Waals surface area contributed by atoms with Gasteiger partial charge in [-0.05, 0) is 44.1 Å². The molecule has 3 aromatic heterocycles. The first-order chi connectivity index (χ1) is 18.8. The van der Waals surface area contributed by atoms with Gasteiger partial charge in [0.1, 0.15) is 17.9 Å². The molecule has 0 unspecified atom stereocenters. The van der Waals surface area contributed by atoms with Gasteiger partial charge in [0.05, 0.1) is 11.8 Å². The van der Waals surface area contributed by atoms with E-state index in [1.807, 2.05) is 11.1 Å². The van der Waals surface area contributed by atoms with Crippen LogP contribution < -0.4 is 10.6 Å². The van der Waals surface area contributed by atoms with Gasteiger partial charge in [-0.25, -0.2) is 19.2 Å². The number of hydrogen-bond acceptors (Lipinski definition) is 8. The van der Waals surface area contributed by atoms with Crippen LogP contribution in [0.5, 0.6) is 0 Å². The lowest BCUT2D eigenvalue weighted by molar-refractivity contribution is -0.197. The summed E-state index contributed by atoms with van der Waals surface area (Å²) in [5.74, 6) is 1.21. The highest BCUT2D eigenvalue weighted by molar-refractivity contribution is 5.69. The van der Waals surface area contributed by atoms with Crippen molar-refractivity contribution in [3.63, 3.8) is 0 Å². The van der Waals surface area contributed by atoms with Crippen molar-refractivity contribution in [2.45, 2.75) is 75.1 Å². The molecule has 2 bridgehead atoms. The highest BCUT2D eigenvalue weighted by Crippen LogP contribution is 2.57. The number of carbonyl (C=O) groups excluding carboxylic acids is 1. The van der Waals surface area contributed by atoms with E-state index < -0.39 is 37.0 Å². The summed E-state index contributed by atoms with van der Waals surface area (Å²) in [6.07, 6.45) is 4.32. The highest BCUT2D eigenvalue weighted by Gasteiger charge is 2.58. The number of alkyl carbamates (subject to hydrolysis) is 1. The van der Waals surface area contributed by atoms with E-state index in [2.05, 4.69) is 35.5 Å². The molecule has 4 aliphatic carbocycles. The second kappa shape index (κ2) is 9.37. The molecule has 3 aromatic rings. The average Bonchev–Trinajstić information content (AvgIpc) is 3.53. The largest absolute Gasteiger partial charge is 0.443 e. The summed E-state index contributed by atoms with van der Waals surface area (Å²) in [5.41, 5.74) is 1.94. The molecule has 3 atom stereocenters. The number of halogens is 3. The Labute approximate surface area is 221 Å². The van der Waals surface area contributed by atoms with Crippen molar-refractivity contribution in [3.05, 3.63) is 35.9 Å². The number of carbonyl (C=O) groups is 1. The number of rotatable bonds is 9. The molecule has 39 heavy (non-hydrogen) atoms. The molecule has 0 aromatic carbocycles. The number of ether oxygens (including phenoxy) is 2. The maximum absolute atomic E-state index is 15.3. The zero-order valence-corrected chi connectivity index (χ0v) is 21.0. The van der Waals surface area contributed by atoms with Crippen LogP contribution in [-0.4, -0.2) is 79.2 Å². The molecule has 1 saturated heterocycles. The van der Waals surface area contributed by atoms with Crippen LogP contribution in [-0.2, 0) is 16.0 Å². The Morgan fingerprint density at radius 3 is 2.82 bits per heavy atom. The van der Waals surface area contributed by atoms with Crippen LogP contribution in [0.2, 0.25) is 0 Å². The number of aromatic amines is 1. The molecule has 1 aliphatic heterocycles. The Balaban J connectivity index is 0.965. The predicted molar refractivity (Wildman–Crippen MR) is 131 cm³/mol. The number of aromatic nitrogens is 5. The zero-order valence-electron chi connectivity index (χ0n) is 21.0. The third kappa shape index (κ3) is 4.69. The Bertz CT molecular complexity index is 1360. The molecule has 3 N–H and O–H groups in total. The SMILES string of the molecule is O=C(NC12CC(C1)C2)O[C@@H]1CC[C@H](c2cc(Nc3nccc4nc(CN5CC(OC(F)F)C5)cn34)n[nH]2)[C@H]1F. The lowest BCUT2D eigenvalue weighted by atomic mass is 9.50. The van der Waals surface area contributed by atoms with Crippen molar-refractivity contribution < 1.29 is 27.4 Å². The van der Waals surface area contributed by atoms with Gasteiger partial charge < -0.3 is 20.1 Å². The van der Waals surface area contributed by atoms with Gasteiger partial charge in [-0.1, -0.05) is 0 Å². The van der Waals surface area contributed by atoms with Crippen LogP contribution in [0.1, 0.15) is 49.4 Å². The summed E-state index contributed by atoms with van der Waals surface area (Å²) in [6, 6.07) is 3.50. The van der Waals surface area contributed by atoms with E-state index in [1.165, 1.54) is 0 Å². The number of nitrogens with zero attached hydrogens (tertiary/aromatic N) is 5. The predicted octanol–water partition coefficient (Wildman–Crippen LogP) is 3.48. The van der Waals surface area contributed by atoms with Crippen LogP contribution in [0.4, 0.5) is 29.7 Å². The smallest absolute Gasteiger partial charge is 0.407 e. The topological polar surface area (TPSA) is 122 Å². The first-order valence-electron chi connectivity index (χ1n) is 13.3. The zero-order chi connectivity index (χ0) is 26.7. The van der Waals surface area contributed by atoms with Gasteiger partial charge in [-0.3, -0.25) is 14.4 Å². The first kappa shape index (κ1) is 24.6. The molecule has 11 nitrogen and oxygen atoms in total. The molecule has 1 amide bonds. The summed E-state index contributed by atoms with van der Waals surface area (Å²) in [5, 5.41) is 13.3.